The quantitative estimate of drug-likeness (QED) is 0.910. The minimum Gasteiger partial charge on any atom is -0.352 e. The maximum Gasteiger partial charge on any atom is 0.128 e. The number of pyridine rings is 1. The molecule has 4 nitrogen and oxygen atoms in total. The van der Waals surface area contributed by atoms with Gasteiger partial charge in [0.1, 0.15) is 5.82 Å². The Morgan fingerprint density at radius 1 is 1.30 bits per heavy atom. The first-order valence-electron chi connectivity index (χ1n) is 6.91. The zero-order valence-electron chi connectivity index (χ0n) is 11.7. The van der Waals surface area contributed by atoms with Gasteiger partial charge in [-0.3, -0.25) is 0 Å². The maximum atomic E-state index is 4.47. The second-order valence-electron chi connectivity index (χ2n) is 5.33. The fraction of sp³-hybridized carbons (Fsp3) is 0.312. The predicted octanol–water partition coefficient (Wildman–Crippen LogP) is 2.19. The molecule has 0 aromatic carbocycles. The van der Waals surface area contributed by atoms with Crippen LogP contribution in [0.2, 0.25) is 0 Å². The van der Waals surface area contributed by atoms with Gasteiger partial charge in [-0.25, -0.2) is 4.98 Å². The molecule has 1 N–H and O–H groups in total. The van der Waals surface area contributed by atoms with Crippen LogP contribution in [-0.4, -0.2) is 35.6 Å². The second-order valence-corrected chi connectivity index (χ2v) is 5.33. The van der Waals surface area contributed by atoms with Crippen LogP contribution >= 0.6 is 0 Å². The molecule has 0 aliphatic carbocycles. The van der Waals surface area contributed by atoms with Crippen molar-refractivity contribution in [1.29, 1.82) is 0 Å². The number of rotatable bonds is 3. The highest BCUT2D eigenvalue weighted by molar-refractivity contribution is 5.51. The zero-order valence-corrected chi connectivity index (χ0v) is 11.7. The monoisotopic (exact) mass is 268 g/mol. The number of hydrogen-bond acceptors (Lipinski definition) is 4. The van der Waals surface area contributed by atoms with Crippen LogP contribution < -0.4 is 10.2 Å². The van der Waals surface area contributed by atoms with Crippen molar-refractivity contribution >= 4 is 11.9 Å². The van der Waals surface area contributed by atoms with Crippen LogP contribution in [0, 0.1) is 0 Å². The third-order valence-corrected chi connectivity index (χ3v) is 3.96. The predicted molar refractivity (Wildman–Crippen MR) is 83.1 cm³/mol. The first-order valence-corrected chi connectivity index (χ1v) is 6.91. The molecule has 2 aliphatic heterocycles. The van der Waals surface area contributed by atoms with E-state index in [-0.39, 0.29) is 0 Å². The van der Waals surface area contributed by atoms with Gasteiger partial charge in [0.05, 0.1) is 11.9 Å². The van der Waals surface area contributed by atoms with Gasteiger partial charge in [0.25, 0.3) is 0 Å². The van der Waals surface area contributed by atoms with Crippen molar-refractivity contribution < 1.29 is 0 Å². The summed E-state index contributed by atoms with van der Waals surface area (Å²) in [5.74, 6) is 2.01. The summed E-state index contributed by atoms with van der Waals surface area (Å²) in [6.45, 7) is 14.8. The molecular weight excluding hydrogens is 248 g/mol. The lowest BCUT2D eigenvalue weighted by Crippen LogP contribution is -2.61. The van der Waals surface area contributed by atoms with Crippen LogP contribution in [0.15, 0.2) is 49.6 Å². The normalized spacial score (nSPS) is 19.6. The van der Waals surface area contributed by atoms with E-state index < -0.39 is 0 Å². The van der Waals surface area contributed by atoms with Gasteiger partial charge in [-0.1, -0.05) is 25.8 Å². The molecule has 4 heteroatoms. The fourth-order valence-electron chi connectivity index (χ4n) is 2.68. The van der Waals surface area contributed by atoms with Crippen LogP contribution in [0.4, 0.5) is 5.82 Å². The maximum absolute atomic E-state index is 4.47. The molecule has 0 bridgehead atoms. The topological polar surface area (TPSA) is 31.4 Å². The fourth-order valence-corrected chi connectivity index (χ4v) is 2.68. The summed E-state index contributed by atoms with van der Waals surface area (Å²) in [6, 6.07) is 4.62. The van der Waals surface area contributed by atoms with Crippen LogP contribution in [0.25, 0.3) is 6.08 Å². The minimum absolute atomic E-state index is 0.518. The Morgan fingerprint density at radius 3 is 2.70 bits per heavy atom. The van der Waals surface area contributed by atoms with Gasteiger partial charge in [0.2, 0.25) is 0 Å². The molecule has 0 amide bonds. The molecule has 0 saturated carbocycles. The summed E-state index contributed by atoms with van der Waals surface area (Å²) in [5.41, 5.74) is 2.11. The Balaban J connectivity index is 1.59. The van der Waals surface area contributed by atoms with E-state index in [1.807, 2.05) is 18.3 Å². The highest BCUT2D eigenvalue weighted by Crippen LogP contribution is 2.26. The number of aromatic nitrogens is 1. The van der Waals surface area contributed by atoms with E-state index in [4.69, 9.17) is 0 Å². The molecule has 0 unspecified atom stereocenters. The first kappa shape index (κ1) is 12.8. The van der Waals surface area contributed by atoms with Crippen molar-refractivity contribution in [2.24, 2.45) is 0 Å². The number of hydrogen-bond donors (Lipinski definition) is 1. The highest BCUT2D eigenvalue weighted by atomic mass is 15.4. The van der Waals surface area contributed by atoms with Crippen LogP contribution in [0.3, 0.4) is 0 Å². The molecule has 2 aliphatic rings. The third kappa shape index (κ3) is 2.29. The molecule has 3 heterocycles. The first-order chi connectivity index (χ1) is 9.67. The molecule has 2 saturated heterocycles. The molecule has 0 atom stereocenters. The minimum atomic E-state index is 0.518. The van der Waals surface area contributed by atoms with Gasteiger partial charge in [-0.2, -0.15) is 0 Å². The smallest absolute Gasteiger partial charge is 0.128 e. The molecular formula is C16H20N4. The van der Waals surface area contributed by atoms with Crippen molar-refractivity contribution in [2.75, 3.05) is 24.5 Å². The van der Waals surface area contributed by atoms with Gasteiger partial charge >= 0.3 is 0 Å². The van der Waals surface area contributed by atoms with Gasteiger partial charge in [0, 0.05) is 37.9 Å². The number of nitrogens with zero attached hydrogens (tertiary/aromatic N) is 3. The number of nitrogens with one attached hydrogen (secondary N) is 1. The van der Waals surface area contributed by atoms with E-state index in [9.17, 15) is 0 Å². The van der Waals surface area contributed by atoms with Crippen molar-refractivity contribution in [1.82, 2.24) is 15.2 Å². The van der Waals surface area contributed by atoms with Gasteiger partial charge in [-0.05, 0) is 17.7 Å². The van der Waals surface area contributed by atoms with E-state index in [2.05, 4.69) is 45.9 Å². The Kier molecular flexibility index (Phi) is 3.22. The summed E-state index contributed by atoms with van der Waals surface area (Å²) in [4.78, 5) is 9.09. The summed E-state index contributed by atoms with van der Waals surface area (Å²) < 4.78 is 0. The van der Waals surface area contributed by atoms with Crippen molar-refractivity contribution in [3.63, 3.8) is 0 Å². The van der Waals surface area contributed by atoms with E-state index in [0.717, 1.165) is 49.0 Å². The Labute approximate surface area is 120 Å². The lowest BCUT2D eigenvalue weighted by atomic mass is 10.1. The van der Waals surface area contributed by atoms with Gasteiger partial charge < -0.3 is 15.1 Å². The van der Waals surface area contributed by atoms with E-state index in [1.54, 1.807) is 0 Å². The molecule has 3 rings (SSSR count). The van der Waals surface area contributed by atoms with E-state index >= 15 is 0 Å². The Morgan fingerprint density at radius 2 is 2.10 bits per heavy atom. The van der Waals surface area contributed by atoms with Crippen molar-refractivity contribution in [3.8, 4) is 0 Å². The molecule has 104 valence electrons. The largest absolute Gasteiger partial charge is 0.352 e. The summed E-state index contributed by atoms with van der Waals surface area (Å²) in [5, 5.41) is 3.24. The van der Waals surface area contributed by atoms with Gasteiger partial charge in [0.15, 0.2) is 0 Å². The third-order valence-electron chi connectivity index (χ3n) is 3.96. The Bertz CT molecular complexity index is 540. The summed E-state index contributed by atoms with van der Waals surface area (Å²) >= 11 is 0. The molecule has 1 aromatic heterocycles. The molecule has 1 aromatic rings. The average Bonchev–Trinajstić information content (AvgIpc) is 2.40. The van der Waals surface area contributed by atoms with Crippen LogP contribution in [0.1, 0.15) is 12.0 Å². The van der Waals surface area contributed by atoms with Crippen molar-refractivity contribution in [3.05, 3.63) is 55.1 Å². The van der Waals surface area contributed by atoms with Crippen LogP contribution in [-0.2, 0) is 0 Å². The van der Waals surface area contributed by atoms with E-state index in [0.29, 0.717) is 6.04 Å². The standard InChI is InChI=1S/C16H20N4/c1-4-14-5-6-16(17-9-14)19-10-15(11-19)20-8-7-12(2)18-13(20)3/h4-6,9,15,18H,1-3,7-8,10-11H2. The second kappa shape index (κ2) is 5.04. The van der Waals surface area contributed by atoms with Crippen LogP contribution in [0.5, 0.6) is 0 Å². The zero-order chi connectivity index (χ0) is 14.1. The Hall–Kier alpha value is -2.23. The highest BCUT2D eigenvalue weighted by Gasteiger charge is 2.34. The number of anilines is 1. The average molecular weight is 268 g/mol. The molecule has 20 heavy (non-hydrogen) atoms. The summed E-state index contributed by atoms with van der Waals surface area (Å²) in [6.07, 6.45) is 4.66. The van der Waals surface area contributed by atoms with E-state index in [1.165, 1.54) is 0 Å². The lowest BCUT2D eigenvalue weighted by molar-refractivity contribution is 0.191. The van der Waals surface area contributed by atoms with Gasteiger partial charge in [-0.15, -0.1) is 0 Å². The lowest BCUT2D eigenvalue weighted by Gasteiger charge is -2.49. The molecule has 0 radical (unpaired) electrons. The molecule has 0 spiro atoms. The SMILES string of the molecule is C=Cc1ccc(N2CC(N3CCC(=C)NC3=C)C2)nc1. The molecule has 2 fully saturated rings. The van der Waals surface area contributed by atoms with Crippen molar-refractivity contribution in [2.45, 2.75) is 12.5 Å². The summed E-state index contributed by atoms with van der Waals surface area (Å²) in [7, 11) is 0.